The predicted molar refractivity (Wildman–Crippen MR) is 116 cm³/mol. The molecule has 1 aliphatic carbocycles. The third-order valence-corrected chi connectivity index (χ3v) is 8.30. The van der Waals surface area contributed by atoms with Gasteiger partial charge >= 0.3 is 5.97 Å². The molecule has 9 heteroatoms. The summed E-state index contributed by atoms with van der Waals surface area (Å²) < 4.78 is 32.6. The van der Waals surface area contributed by atoms with Crippen molar-refractivity contribution in [2.24, 2.45) is 11.8 Å². The van der Waals surface area contributed by atoms with Crippen LogP contribution in [0.2, 0.25) is 0 Å². The van der Waals surface area contributed by atoms with Gasteiger partial charge in [-0.2, -0.15) is 0 Å². The summed E-state index contributed by atoms with van der Waals surface area (Å²) in [4.78, 5) is 24.8. The van der Waals surface area contributed by atoms with Crippen molar-refractivity contribution in [3.63, 3.8) is 0 Å². The Morgan fingerprint density at radius 1 is 1.13 bits per heavy atom. The third kappa shape index (κ3) is 5.40. The van der Waals surface area contributed by atoms with E-state index in [2.05, 4.69) is 23.9 Å². The number of amides is 1. The van der Waals surface area contributed by atoms with Crippen molar-refractivity contribution in [1.29, 1.82) is 0 Å². The number of sulfonamides is 1. The number of anilines is 1. The van der Waals surface area contributed by atoms with E-state index in [9.17, 15) is 18.0 Å². The first-order chi connectivity index (χ1) is 14.3. The largest absolute Gasteiger partial charge is 0.452 e. The number of benzene rings is 1. The fourth-order valence-corrected chi connectivity index (χ4v) is 5.68. The minimum atomic E-state index is -3.81. The summed E-state index contributed by atoms with van der Waals surface area (Å²) in [5, 5.41) is 4.61. The molecule has 7 nitrogen and oxygen atoms in total. The molecule has 1 aromatic heterocycles. The molecule has 0 bridgehead atoms. The molecule has 30 heavy (non-hydrogen) atoms. The number of para-hydroxylation sites is 1. The van der Waals surface area contributed by atoms with E-state index in [1.807, 2.05) is 0 Å². The van der Waals surface area contributed by atoms with Crippen LogP contribution < -0.4 is 10.0 Å². The normalized spacial score (nSPS) is 21.6. The van der Waals surface area contributed by atoms with E-state index in [0.717, 1.165) is 30.6 Å². The molecule has 162 valence electrons. The predicted octanol–water partition coefficient (Wildman–Crippen LogP) is 3.65. The van der Waals surface area contributed by atoms with Crippen molar-refractivity contribution in [2.75, 3.05) is 11.3 Å². The van der Waals surface area contributed by atoms with Gasteiger partial charge in [0.1, 0.15) is 4.21 Å². The molecule has 1 aliphatic rings. The Kier molecular flexibility index (Phi) is 7.14. The average molecular weight is 451 g/mol. The number of rotatable bonds is 7. The number of hydrogen-bond acceptors (Lipinski definition) is 6. The zero-order chi connectivity index (χ0) is 21.7. The summed E-state index contributed by atoms with van der Waals surface area (Å²) in [6.07, 6.45) is 3.13. The van der Waals surface area contributed by atoms with Crippen LogP contribution in [0.1, 0.15) is 43.5 Å². The molecule has 0 saturated heterocycles. The molecule has 1 saturated carbocycles. The van der Waals surface area contributed by atoms with Crippen molar-refractivity contribution in [3.8, 4) is 0 Å². The van der Waals surface area contributed by atoms with Crippen LogP contribution in [-0.2, 0) is 19.6 Å². The van der Waals surface area contributed by atoms with Crippen LogP contribution in [0.4, 0.5) is 5.69 Å². The molecular weight excluding hydrogens is 424 g/mol. The number of thiophene rings is 1. The molecule has 3 rings (SSSR count). The Morgan fingerprint density at radius 2 is 1.90 bits per heavy atom. The Morgan fingerprint density at radius 3 is 2.63 bits per heavy atom. The molecule has 3 atom stereocenters. The van der Waals surface area contributed by atoms with Crippen molar-refractivity contribution in [2.45, 2.75) is 43.4 Å². The van der Waals surface area contributed by atoms with E-state index in [1.54, 1.807) is 23.6 Å². The number of ether oxygens (including phenoxy) is 1. The van der Waals surface area contributed by atoms with Gasteiger partial charge in [0.25, 0.3) is 15.9 Å². The number of carbonyl (C=O) groups excluding carboxylic acids is 2. The lowest BCUT2D eigenvalue weighted by Gasteiger charge is -2.34. The highest BCUT2D eigenvalue weighted by molar-refractivity contribution is 7.94. The van der Waals surface area contributed by atoms with Crippen molar-refractivity contribution in [1.82, 2.24) is 5.32 Å². The van der Waals surface area contributed by atoms with Gasteiger partial charge in [0.15, 0.2) is 6.61 Å². The van der Waals surface area contributed by atoms with Crippen molar-refractivity contribution < 1.29 is 22.7 Å². The fraction of sp³-hybridized carbons (Fsp3) is 0.429. The van der Waals surface area contributed by atoms with Crippen molar-refractivity contribution >= 4 is 38.9 Å². The van der Waals surface area contributed by atoms with Gasteiger partial charge in [-0.05, 0) is 41.8 Å². The average Bonchev–Trinajstić information content (AvgIpc) is 3.26. The zero-order valence-corrected chi connectivity index (χ0v) is 18.6. The first kappa shape index (κ1) is 22.3. The summed E-state index contributed by atoms with van der Waals surface area (Å²) in [7, 11) is -3.81. The number of hydrogen-bond donors (Lipinski definition) is 2. The van der Waals surface area contributed by atoms with Gasteiger partial charge in [0, 0.05) is 6.04 Å². The van der Waals surface area contributed by atoms with Crippen molar-refractivity contribution in [3.05, 3.63) is 47.3 Å². The lowest BCUT2D eigenvalue weighted by atomic mass is 9.78. The van der Waals surface area contributed by atoms with Crippen LogP contribution in [0.5, 0.6) is 0 Å². The maximum absolute atomic E-state index is 12.5. The molecule has 0 radical (unpaired) electrons. The molecular formula is C21H26N2O5S2. The summed E-state index contributed by atoms with van der Waals surface area (Å²) in [6.45, 7) is 3.89. The van der Waals surface area contributed by atoms with Gasteiger partial charge in [-0.15, -0.1) is 11.3 Å². The van der Waals surface area contributed by atoms with Crippen LogP contribution in [-0.4, -0.2) is 32.9 Å². The summed E-state index contributed by atoms with van der Waals surface area (Å²) in [5.41, 5.74) is 0.149. The van der Waals surface area contributed by atoms with Gasteiger partial charge in [-0.3, -0.25) is 9.52 Å². The molecule has 0 aliphatic heterocycles. The quantitative estimate of drug-likeness (QED) is 0.627. The first-order valence-corrected chi connectivity index (χ1v) is 12.3. The first-order valence-electron chi connectivity index (χ1n) is 9.90. The Bertz CT molecular complexity index is 989. The Labute approximate surface area is 180 Å². The van der Waals surface area contributed by atoms with E-state index < -0.39 is 22.6 Å². The Balaban J connectivity index is 1.61. The maximum Gasteiger partial charge on any atom is 0.340 e. The SMILES string of the molecule is CC1CCCC(NC(=O)COC(=O)c2ccccc2NS(=O)(=O)c2cccs2)C1C. The van der Waals surface area contributed by atoms with E-state index in [0.29, 0.717) is 11.8 Å². The van der Waals surface area contributed by atoms with E-state index in [1.165, 1.54) is 18.2 Å². The minimum absolute atomic E-state index is 0.0464. The molecule has 3 unspecified atom stereocenters. The highest BCUT2D eigenvalue weighted by atomic mass is 32.2. The third-order valence-electron chi connectivity index (χ3n) is 5.54. The molecule has 2 N–H and O–H groups in total. The van der Waals surface area contributed by atoms with E-state index in [4.69, 9.17) is 4.74 Å². The minimum Gasteiger partial charge on any atom is -0.452 e. The van der Waals surface area contributed by atoms with Gasteiger partial charge in [-0.25, -0.2) is 13.2 Å². The van der Waals surface area contributed by atoms with Crippen LogP contribution in [0.3, 0.4) is 0 Å². The second kappa shape index (κ2) is 9.61. The number of nitrogens with one attached hydrogen (secondary N) is 2. The van der Waals surface area contributed by atoms with Crippen LogP contribution >= 0.6 is 11.3 Å². The summed E-state index contributed by atoms with van der Waals surface area (Å²) in [5.74, 6) is -0.216. The molecule has 1 heterocycles. The zero-order valence-electron chi connectivity index (χ0n) is 17.0. The maximum atomic E-state index is 12.5. The fourth-order valence-electron chi connectivity index (χ4n) is 3.60. The monoisotopic (exact) mass is 450 g/mol. The van der Waals surface area contributed by atoms with Gasteiger partial charge in [-0.1, -0.05) is 44.9 Å². The topological polar surface area (TPSA) is 102 Å². The van der Waals surface area contributed by atoms with Gasteiger partial charge in [0.2, 0.25) is 0 Å². The molecule has 1 aromatic carbocycles. The summed E-state index contributed by atoms with van der Waals surface area (Å²) >= 11 is 1.07. The van der Waals surface area contributed by atoms with Crippen LogP contribution in [0, 0.1) is 11.8 Å². The standard InChI is InChI=1S/C21H26N2O5S2/c1-14-7-5-10-17(15(14)2)22-19(24)13-28-21(25)16-8-3-4-9-18(16)23-30(26,27)20-11-6-12-29-20/h3-4,6,8-9,11-12,14-15,17,23H,5,7,10,13H2,1-2H3,(H,22,24). The Hall–Kier alpha value is -2.39. The number of esters is 1. The van der Waals surface area contributed by atoms with Crippen LogP contribution in [0.15, 0.2) is 46.0 Å². The van der Waals surface area contributed by atoms with Crippen LogP contribution in [0.25, 0.3) is 0 Å². The van der Waals surface area contributed by atoms with E-state index >= 15 is 0 Å². The number of carbonyl (C=O) groups is 2. The molecule has 1 amide bonds. The highest BCUT2D eigenvalue weighted by Crippen LogP contribution is 2.29. The smallest absolute Gasteiger partial charge is 0.340 e. The highest BCUT2D eigenvalue weighted by Gasteiger charge is 2.28. The second-order valence-corrected chi connectivity index (χ2v) is 10.5. The van der Waals surface area contributed by atoms with E-state index in [-0.39, 0.29) is 27.4 Å². The van der Waals surface area contributed by atoms with Gasteiger partial charge in [0.05, 0.1) is 11.3 Å². The molecule has 2 aromatic rings. The molecule has 0 spiro atoms. The lowest BCUT2D eigenvalue weighted by molar-refractivity contribution is -0.125. The van der Waals surface area contributed by atoms with Gasteiger partial charge < -0.3 is 10.1 Å². The second-order valence-electron chi connectivity index (χ2n) is 7.60. The lowest BCUT2D eigenvalue weighted by Crippen LogP contribution is -2.45. The molecule has 1 fully saturated rings. The summed E-state index contributed by atoms with van der Waals surface area (Å²) in [6, 6.07) is 9.33.